The molecule has 0 radical (unpaired) electrons. The van der Waals surface area contributed by atoms with Gasteiger partial charge in [0, 0.05) is 16.5 Å². The zero-order chi connectivity index (χ0) is 18.1. The Hall–Kier alpha value is -2.58. The highest BCUT2D eigenvalue weighted by atomic mass is 14.7. The number of benzene rings is 3. The molecule has 2 heteroatoms. The molecule has 0 aliphatic heterocycles. The van der Waals surface area contributed by atoms with E-state index >= 15 is 0 Å². The van der Waals surface area contributed by atoms with E-state index in [1.54, 1.807) is 0 Å². The van der Waals surface area contributed by atoms with Gasteiger partial charge in [-0.3, -0.25) is 0 Å². The van der Waals surface area contributed by atoms with Gasteiger partial charge in [0.2, 0.25) is 0 Å². The van der Waals surface area contributed by atoms with E-state index < -0.39 is 0 Å². The summed E-state index contributed by atoms with van der Waals surface area (Å²) in [6, 6.07) is 19.8. The summed E-state index contributed by atoms with van der Waals surface area (Å²) in [5.41, 5.74) is 13.6. The summed E-state index contributed by atoms with van der Waals surface area (Å²) in [5, 5.41) is 3.99. The predicted molar refractivity (Wildman–Crippen MR) is 113 cm³/mol. The SMILES string of the molecule is Cc1ccc(-c2[nH]c3c(C)cccc3c2CCCCN)c2ccccc12. The van der Waals surface area contributed by atoms with Crippen molar-refractivity contribution in [3.63, 3.8) is 0 Å². The molecule has 1 aromatic heterocycles. The van der Waals surface area contributed by atoms with E-state index in [1.165, 1.54) is 49.6 Å². The third kappa shape index (κ3) is 2.81. The van der Waals surface area contributed by atoms with Gasteiger partial charge in [0.25, 0.3) is 0 Å². The standard InChI is InChI=1S/C24H26N2/c1-16-13-14-22(19-10-4-3-9-18(16)19)24-21(11-5-6-15-25)20-12-7-8-17(2)23(20)26-24/h3-4,7-10,12-14,26H,5-6,11,15,25H2,1-2H3. The van der Waals surface area contributed by atoms with E-state index in [1.807, 2.05) is 0 Å². The van der Waals surface area contributed by atoms with E-state index in [-0.39, 0.29) is 0 Å². The summed E-state index contributed by atoms with van der Waals surface area (Å²) in [4.78, 5) is 3.76. The highest BCUT2D eigenvalue weighted by molar-refractivity contribution is 6.02. The minimum absolute atomic E-state index is 0.754. The molecule has 1 heterocycles. The van der Waals surface area contributed by atoms with Crippen molar-refractivity contribution in [2.45, 2.75) is 33.1 Å². The average molecular weight is 342 g/mol. The molecule has 0 aliphatic carbocycles. The van der Waals surface area contributed by atoms with E-state index in [2.05, 4.69) is 73.4 Å². The van der Waals surface area contributed by atoms with Crippen LogP contribution >= 0.6 is 0 Å². The summed E-state index contributed by atoms with van der Waals surface area (Å²) in [7, 11) is 0. The Morgan fingerprint density at radius 3 is 2.35 bits per heavy atom. The normalized spacial score (nSPS) is 11.5. The smallest absolute Gasteiger partial charge is 0.0503 e. The molecule has 0 unspecified atom stereocenters. The molecule has 132 valence electrons. The Morgan fingerprint density at radius 2 is 1.54 bits per heavy atom. The third-order valence-electron chi connectivity index (χ3n) is 5.44. The summed E-state index contributed by atoms with van der Waals surface area (Å²) in [6.07, 6.45) is 3.24. The Morgan fingerprint density at radius 1 is 0.769 bits per heavy atom. The van der Waals surface area contributed by atoms with Crippen molar-refractivity contribution < 1.29 is 0 Å². The molecule has 0 atom stereocenters. The Bertz CT molecular complexity index is 1070. The van der Waals surface area contributed by atoms with Crippen LogP contribution in [0.5, 0.6) is 0 Å². The van der Waals surface area contributed by atoms with Crippen LogP contribution in [0.2, 0.25) is 0 Å². The average Bonchev–Trinajstić information content (AvgIpc) is 3.03. The fourth-order valence-corrected chi connectivity index (χ4v) is 4.02. The third-order valence-corrected chi connectivity index (χ3v) is 5.44. The second kappa shape index (κ2) is 6.97. The number of fused-ring (bicyclic) bond motifs is 2. The molecule has 3 aromatic carbocycles. The number of hydrogen-bond acceptors (Lipinski definition) is 1. The van der Waals surface area contributed by atoms with Crippen LogP contribution in [0.25, 0.3) is 32.9 Å². The number of unbranched alkanes of at least 4 members (excludes halogenated alkanes) is 1. The zero-order valence-corrected chi connectivity index (χ0v) is 15.6. The van der Waals surface area contributed by atoms with E-state index in [4.69, 9.17) is 5.73 Å². The molecule has 0 bridgehead atoms. The summed E-state index contributed by atoms with van der Waals surface area (Å²) in [5.74, 6) is 0. The van der Waals surface area contributed by atoms with Crippen molar-refractivity contribution in [3.8, 4) is 11.3 Å². The topological polar surface area (TPSA) is 41.8 Å². The maximum Gasteiger partial charge on any atom is 0.0503 e. The van der Waals surface area contributed by atoms with Gasteiger partial charge in [0.15, 0.2) is 0 Å². The maximum atomic E-state index is 5.74. The van der Waals surface area contributed by atoms with E-state index in [0.717, 1.165) is 25.8 Å². The van der Waals surface area contributed by atoms with Gasteiger partial charge in [0.05, 0.1) is 5.69 Å². The van der Waals surface area contributed by atoms with Gasteiger partial charge in [-0.25, -0.2) is 0 Å². The summed E-state index contributed by atoms with van der Waals surface area (Å²) >= 11 is 0. The molecule has 0 saturated heterocycles. The van der Waals surface area contributed by atoms with Crippen LogP contribution in [-0.4, -0.2) is 11.5 Å². The van der Waals surface area contributed by atoms with Crippen molar-refractivity contribution in [3.05, 3.63) is 71.3 Å². The molecule has 0 aliphatic rings. The molecule has 2 nitrogen and oxygen atoms in total. The molecule has 0 fully saturated rings. The minimum atomic E-state index is 0.754. The highest BCUT2D eigenvalue weighted by Gasteiger charge is 2.16. The van der Waals surface area contributed by atoms with Gasteiger partial charge in [-0.15, -0.1) is 0 Å². The van der Waals surface area contributed by atoms with Gasteiger partial charge in [-0.1, -0.05) is 54.6 Å². The fourth-order valence-electron chi connectivity index (χ4n) is 4.02. The number of hydrogen-bond donors (Lipinski definition) is 2. The molecular formula is C24H26N2. The van der Waals surface area contributed by atoms with Crippen LogP contribution in [0.1, 0.15) is 29.5 Å². The first-order valence-corrected chi connectivity index (χ1v) is 9.49. The molecule has 26 heavy (non-hydrogen) atoms. The molecule has 4 rings (SSSR count). The number of aryl methyl sites for hydroxylation is 3. The molecule has 4 aromatic rings. The van der Waals surface area contributed by atoms with Crippen molar-refractivity contribution in [1.82, 2.24) is 4.98 Å². The number of nitrogens with two attached hydrogens (primary N) is 1. The first-order chi connectivity index (χ1) is 12.7. The Kier molecular flexibility index (Phi) is 4.52. The highest BCUT2D eigenvalue weighted by Crippen LogP contribution is 2.37. The van der Waals surface area contributed by atoms with Gasteiger partial charge in [-0.05, 0) is 67.1 Å². The van der Waals surface area contributed by atoms with Crippen molar-refractivity contribution in [1.29, 1.82) is 0 Å². The largest absolute Gasteiger partial charge is 0.354 e. The predicted octanol–water partition coefficient (Wildman–Crippen LogP) is 5.89. The Balaban J connectivity index is 1.98. The Labute approximate surface area is 155 Å². The van der Waals surface area contributed by atoms with E-state index in [9.17, 15) is 0 Å². The molecule has 0 spiro atoms. The number of para-hydroxylation sites is 1. The molecule has 3 N–H and O–H groups in total. The second-order valence-electron chi connectivity index (χ2n) is 7.20. The van der Waals surface area contributed by atoms with Crippen LogP contribution in [0.15, 0.2) is 54.6 Å². The number of H-pyrrole nitrogens is 1. The zero-order valence-electron chi connectivity index (χ0n) is 15.6. The van der Waals surface area contributed by atoms with Crippen LogP contribution < -0.4 is 5.73 Å². The molecule has 0 saturated carbocycles. The van der Waals surface area contributed by atoms with Crippen molar-refractivity contribution in [2.75, 3.05) is 6.54 Å². The van der Waals surface area contributed by atoms with Crippen LogP contribution in [0.3, 0.4) is 0 Å². The van der Waals surface area contributed by atoms with Gasteiger partial charge < -0.3 is 10.7 Å². The molecular weight excluding hydrogens is 316 g/mol. The minimum Gasteiger partial charge on any atom is -0.354 e. The van der Waals surface area contributed by atoms with Gasteiger partial charge in [-0.2, -0.15) is 0 Å². The fraction of sp³-hybridized carbons (Fsp3) is 0.250. The maximum absolute atomic E-state index is 5.74. The van der Waals surface area contributed by atoms with Crippen LogP contribution in [-0.2, 0) is 6.42 Å². The monoisotopic (exact) mass is 342 g/mol. The van der Waals surface area contributed by atoms with Crippen LogP contribution in [0.4, 0.5) is 0 Å². The lowest BCUT2D eigenvalue weighted by molar-refractivity contribution is 0.748. The lowest BCUT2D eigenvalue weighted by Gasteiger charge is -2.10. The van der Waals surface area contributed by atoms with Gasteiger partial charge in [0.1, 0.15) is 0 Å². The van der Waals surface area contributed by atoms with Gasteiger partial charge >= 0.3 is 0 Å². The first-order valence-electron chi connectivity index (χ1n) is 9.49. The number of aromatic nitrogens is 1. The quantitative estimate of drug-likeness (QED) is 0.436. The second-order valence-corrected chi connectivity index (χ2v) is 7.20. The number of nitrogens with one attached hydrogen (secondary N) is 1. The van der Waals surface area contributed by atoms with E-state index in [0.29, 0.717) is 0 Å². The number of rotatable bonds is 5. The van der Waals surface area contributed by atoms with Crippen LogP contribution in [0, 0.1) is 13.8 Å². The van der Waals surface area contributed by atoms with Crippen molar-refractivity contribution >= 4 is 21.7 Å². The lowest BCUT2D eigenvalue weighted by atomic mass is 9.94. The number of aromatic amines is 1. The summed E-state index contributed by atoms with van der Waals surface area (Å²) < 4.78 is 0. The molecule has 0 amide bonds. The van der Waals surface area contributed by atoms with Crippen molar-refractivity contribution in [2.24, 2.45) is 5.73 Å². The summed E-state index contributed by atoms with van der Waals surface area (Å²) in [6.45, 7) is 5.12. The lowest BCUT2D eigenvalue weighted by Crippen LogP contribution is -1.99. The first kappa shape index (κ1) is 16.9.